The lowest BCUT2D eigenvalue weighted by Crippen LogP contribution is -2.45. The third kappa shape index (κ3) is 2.70. The van der Waals surface area contributed by atoms with Gasteiger partial charge in [0.15, 0.2) is 5.84 Å². The molecule has 1 aromatic heterocycles. The second kappa shape index (κ2) is 5.22. The van der Waals surface area contributed by atoms with Gasteiger partial charge in [0.05, 0.1) is 0 Å². The molecule has 0 bridgehead atoms. The Kier molecular flexibility index (Phi) is 3.66. The molecule has 98 valence electrons. The van der Waals surface area contributed by atoms with Crippen LogP contribution in [0.3, 0.4) is 0 Å². The number of anilines is 1. The van der Waals surface area contributed by atoms with Gasteiger partial charge in [-0.25, -0.2) is 4.98 Å². The highest BCUT2D eigenvalue weighted by Crippen LogP contribution is 2.16. The van der Waals surface area contributed by atoms with Crippen LogP contribution in [0.2, 0.25) is 0 Å². The molecule has 0 aromatic carbocycles. The molecule has 1 aliphatic heterocycles. The van der Waals surface area contributed by atoms with Crippen molar-refractivity contribution >= 4 is 11.7 Å². The van der Waals surface area contributed by atoms with Gasteiger partial charge in [-0.05, 0) is 26.1 Å². The summed E-state index contributed by atoms with van der Waals surface area (Å²) in [5.41, 5.74) is 7.21. The maximum atomic E-state index is 8.74. The Morgan fingerprint density at radius 3 is 2.61 bits per heavy atom. The van der Waals surface area contributed by atoms with Crippen molar-refractivity contribution in [2.45, 2.75) is 6.92 Å². The maximum Gasteiger partial charge on any atom is 0.170 e. The van der Waals surface area contributed by atoms with Crippen LogP contribution in [0.15, 0.2) is 17.3 Å². The van der Waals surface area contributed by atoms with Crippen molar-refractivity contribution in [1.29, 1.82) is 0 Å². The van der Waals surface area contributed by atoms with Crippen molar-refractivity contribution < 1.29 is 5.21 Å². The quantitative estimate of drug-likeness (QED) is 0.340. The molecule has 3 N–H and O–H groups in total. The third-order valence-corrected chi connectivity index (χ3v) is 3.17. The zero-order valence-electron chi connectivity index (χ0n) is 10.8. The number of aryl methyl sites for hydroxylation is 1. The summed E-state index contributed by atoms with van der Waals surface area (Å²) in [5.74, 6) is 1.01. The molecule has 1 aromatic rings. The summed E-state index contributed by atoms with van der Waals surface area (Å²) < 4.78 is 0. The average molecular weight is 249 g/mol. The lowest BCUT2D eigenvalue weighted by atomic mass is 10.2. The smallest absolute Gasteiger partial charge is 0.170 e. The zero-order valence-corrected chi connectivity index (χ0v) is 10.8. The molecule has 0 saturated carbocycles. The third-order valence-electron chi connectivity index (χ3n) is 3.17. The first-order valence-electron chi connectivity index (χ1n) is 6.00. The second-order valence-corrected chi connectivity index (χ2v) is 4.63. The number of hydrogen-bond acceptors (Lipinski definition) is 5. The van der Waals surface area contributed by atoms with Crippen LogP contribution in [-0.2, 0) is 0 Å². The lowest BCUT2D eigenvalue weighted by molar-refractivity contribution is 0.312. The van der Waals surface area contributed by atoms with Gasteiger partial charge >= 0.3 is 0 Å². The molecule has 1 fully saturated rings. The summed E-state index contributed by atoms with van der Waals surface area (Å²) in [5, 5.41) is 11.8. The number of aromatic nitrogens is 1. The van der Waals surface area contributed by atoms with E-state index in [2.05, 4.69) is 27.0 Å². The first-order chi connectivity index (χ1) is 8.60. The van der Waals surface area contributed by atoms with Gasteiger partial charge in [0.25, 0.3) is 0 Å². The summed E-state index contributed by atoms with van der Waals surface area (Å²) in [7, 11) is 2.11. The maximum absolute atomic E-state index is 8.74. The van der Waals surface area contributed by atoms with Crippen molar-refractivity contribution in [2.24, 2.45) is 10.9 Å². The van der Waals surface area contributed by atoms with Gasteiger partial charge in [0.1, 0.15) is 5.82 Å². The molecule has 2 heterocycles. The van der Waals surface area contributed by atoms with Gasteiger partial charge in [-0.15, -0.1) is 0 Å². The van der Waals surface area contributed by atoms with Gasteiger partial charge in [-0.2, -0.15) is 0 Å². The summed E-state index contributed by atoms with van der Waals surface area (Å²) >= 11 is 0. The van der Waals surface area contributed by atoms with Crippen LogP contribution in [0.1, 0.15) is 11.3 Å². The van der Waals surface area contributed by atoms with Crippen LogP contribution in [0.5, 0.6) is 0 Å². The highest BCUT2D eigenvalue weighted by molar-refractivity contribution is 5.97. The molecule has 6 nitrogen and oxygen atoms in total. The van der Waals surface area contributed by atoms with E-state index >= 15 is 0 Å². The van der Waals surface area contributed by atoms with Crippen molar-refractivity contribution in [3.63, 3.8) is 0 Å². The summed E-state index contributed by atoms with van der Waals surface area (Å²) in [6, 6.07) is 3.68. The van der Waals surface area contributed by atoms with Gasteiger partial charge in [0, 0.05) is 37.4 Å². The average Bonchev–Trinajstić information content (AvgIpc) is 2.38. The fourth-order valence-electron chi connectivity index (χ4n) is 2.05. The molecule has 2 rings (SSSR count). The predicted molar refractivity (Wildman–Crippen MR) is 71.2 cm³/mol. The number of amidine groups is 1. The number of nitrogens with two attached hydrogens (primary N) is 1. The Bertz CT molecular complexity index is 452. The molecule has 0 spiro atoms. The van der Waals surface area contributed by atoms with Crippen LogP contribution in [0.25, 0.3) is 0 Å². The standard InChI is InChI=1S/C12H19N5O/c1-9-7-10(12(13)15-18)8-11(14-9)17-5-3-16(2)4-6-17/h7-8,18H,3-6H2,1-2H3,(H2,13,15). The highest BCUT2D eigenvalue weighted by Gasteiger charge is 2.16. The van der Waals surface area contributed by atoms with Crippen LogP contribution < -0.4 is 10.6 Å². The Morgan fingerprint density at radius 1 is 1.33 bits per heavy atom. The largest absolute Gasteiger partial charge is 0.409 e. The van der Waals surface area contributed by atoms with Crippen molar-refractivity contribution in [2.75, 3.05) is 38.1 Å². The molecule has 18 heavy (non-hydrogen) atoms. The molecule has 0 amide bonds. The van der Waals surface area contributed by atoms with E-state index in [0.717, 1.165) is 37.7 Å². The normalized spacial score (nSPS) is 18.1. The fourth-order valence-corrected chi connectivity index (χ4v) is 2.05. The SMILES string of the molecule is Cc1cc(/C(N)=N/O)cc(N2CCN(C)CC2)n1. The first kappa shape index (κ1) is 12.6. The molecule has 1 aliphatic rings. The van der Waals surface area contributed by atoms with Gasteiger partial charge < -0.3 is 20.7 Å². The summed E-state index contributed by atoms with van der Waals surface area (Å²) in [6.45, 7) is 5.85. The van der Waals surface area contributed by atoms with E-state index in [1.54, 1.807) is 0 Å². The lowest BCUT2D eigenvalue weighted by Gasteiger charge is -2.33. The predicted octanol–water partition coefficient (Wildman–Crippen LogP) is 0.236. The van der Waals surface area contributed by atoms with Crippen LogP contribution >= 0.6 is 0 Å². The number of likely N-dealkylation sites (N-methyl/N-ethyl adjacent to an activating group) is 1. The number of oxime groups is 1. The molecule has 1 saturated heterocycles. The number of nitrogens with zero attached hydrogens (tertiary/aromatic N) is 4. The molecule has 0 aliphatic carbocycles. The number of pyridine rings is 1. The second-order valence-electron chi connectivity index (χ2n) is 4.63. The molecule has 6 heteroatoms. The van der Waals surface area contributed by atoms with E-state index in [1.807, 2.05) is 19.1 Å². The van der Waals surface area contributed by atoms with E-state index in [0.29, 0.717) is 5.56 Å². The molecular weight excluding hydrogens is 230 g/mol. The Labute approximate surface area is 107 Å². The van der Waals surface area contributed by atoms with E-state index in [9.17, 15) is 0 Å². The molecule has 0 atom stereocenters. The van der Waals surface area contributed by atoms with Gasteiger partial charge in [-0.3, -0.25) is 0 Å². The minimum absolute atomic E-state index is 0.121. The monoisotopic (exact) mass is 249 g/mol. The topological polar surface area (TPSA) is 78.0 Å². The highest BCUT2D eigenvalue weighted by atomic mass is 16.4. The van der Waals surface area contributed by atoms with Crippen LogP contribution in [-0.4, -0.2) is 54.2 Å². The van der Waals surface area contributed by atoms with Crippen LogP contribution in [0.4, 0.5) is 5.82 Å². The molecule has 0 radical (unpaired) electrons. The van der Waals surface area contributed by atoms with Gasteiger partial charge in [-0.1, -0.05) is 5.16 Å². The fraction of sp³-hybridized carbons (Fsp3) is 0.500. The van der Waals surface area contributed by atoms with Crippen molar-refractivity contribution in [1.82, 2.24) is 9.88 Å². The van der Waals surface area contributed by atoms with Crippen molar-refractivity contribution in [3.8, 4) is 0 Å². The molecule has 0 unspecified atom stereocenters. The Balaban J connectivity index is 2.25. The summed E-state index contributed by atoms with van der Waals surface area (Å²) in [4.78, 5) is 9.03. The van der Waals surface area contributed by atoms with E-state index in [4.69, 9.17) is 10.9 Å². The van der Waals surface area contributed by atoms with E-state index in [1.165, 1.54) is 0 Å². The number of rotatable bonds is 2. The molecular formula is C12H19N5O. The van der Waals surface area contributed by atoms with Crippen molar-refractivity contribution in [3.05, 3.63) is 23.4 Å². The number of hydrogen-bond donors (Lipinski definition) is 2. The Hall–Kier alpha value is -1.82. The summed E-state index contributed by atoms with van der Waals surface area (Å²) in [6.07, 6.45) is 0. The van der Waals surface area contributed by atoms with E-state index < -0.39 is 0 Å². The minimum Gasteiger partial charge on any atom is -0.409 e. The Morgan fingerprint density at radius 2 is 2.00 bits per heavy atom. The number of piperazine rings is 1. The first-order valence-corrected chi connectivity index (χ1v) is 6.00. The van der Waals surface area contributed by atoms with Crippen LogP contribution in [0, 0.1) is 6.92 Å². The van der Waals surface area contributed by atoms with Gasteiger partial charge in [0.2, 0.25) is 0 Å². The zero-order chi connectivity index (χ0) is 13.1. The van der Waals surface area contributed by atoms with E-state index in [-0.39, 0.29) is 5.84 Å². The minimum atomic E-state index is 0.121.